The third-order valence-corrected chi connectivity index (χ3v) is 3.70. The van der Waals surface area contributed by atoms with Crippen molar-refractivity contribution in [1.82, 2.24) is 0 Å². The predicted octanol–water partition coefficient (Wildman–Crippen LogP) is 3.80. The van der Waals surface area contributed by atoms with Crippen LogP contribution in [0, 0.1) is 0 Å². The van der Waals surface area contributed by atoms with Crippen LogP contribution < -0.4 is 5.73 Å². The van der Waals surface area contributed by atoms with Crippen LogP contribution in [-0.4, -0.2) is 5.78 Å². The molecule has 0 saturated heterocycles. The van der Waals surface area contributed by atoms with Gasteiger partial charge >= 0.3 is 0 Å². The minimum Gasteiger partial charge on any atom is -0.318 e. The van der Waals surface area contributed by atoms with Crippen molar-refractivity contribution in [3.05, 3.63) is 71.3 Å². The molecule has 110 valence electrons. The van der Waals surface area contributed by atoms with Gasteiger partial charge in [0.1, 0.15) is 0 Å². The Kier molecular flexibility index (Phi) is 4.59. The molecule has 0 bridgehead atoms. The van der Waals surface area contributed by atoms with Crippen molar-refractivity contribution in [2.45, 2.75) is 38.6 Å². The lowest BCUT2D eigenvalue weighted by Gasteiger charge is -2.19. The Morgan fingerprint density at radius 3 is 2.10 bits per heavy atom. The molecule has 0 aliphatic heterocycles. The summed E-state index contributed by atoms with van der Waals surface area (Å²) in [5.74, 6) is 0.0460. The molecule has 21 heavy (non-hydrogen) atoms. The molecule has 2 aromatic rings. The highest BCUT2D eigenvalue weighted by molar-refractivity contribution is 5.87. The Hall–Kier alpha value is -1.93. The van der Waals surface area contributed by atoms with E-state index in [1.54, 1.807) is 0 Å². The molecule has 0 amide bonds. The molecule has 0 saturated carbocycles. The molecule has 0 spiro atoms. The molecule has 2 nitrogen and oxygen atoms in total. The minimum atomic E-state index is -0.548. The standard InChI is InChI=1S/C19H23NO/c1-19(2,3)16-11-9-14(10-12-16)13-17(21)18(20)15-7-5-4-6-8-15/h4-12,18H,13,20H2,1-3H3. The second-order valence-electron chi connectivity index (χ2n) is 6.48. The van der Waals surface area contributed by atoms with E-state index in [0.29, 0.717) is 6.42 Å². The van der Waals surface area contributed by atoms with E-state index in [1.165, 1.54) is 5.56 Å². The zero-order valence-electron chi connectivity index (χ0n) is 13.0. The van der Waals surface area contributed by atoms with E-state index < -0.39 is 6.04 Å². The molecule has 0 fully saturated rings. The van der Waals surface area contributed by atoms with E-state index in [9.17, 15) is 4.79 Å². The number of rotatable bonds is 4. The fourth-order valence-electron chi connectivity index (χ4n) is 2.28. The van der Waals surface area contributed by atoms with Gasteiger partial charge in [0.25, 0.3) is 0 Å². The first kappa shape index (κ1) is 15.5. The van der Waals surface area contributed by atoms with Crippen LogP contribution in [0.1, 0.15) is 43.5 Å². The maximum Gasteiger partial charge on any atom is 0.158 e. The fourth-order valence-corrected chi connectivity index (χ4v) is 2.28. The number of benzene rings is 2. The summed E-state index contributed by atoms with van der Waals surface area (Å²) >= 11 is 0. The summed E-state index contributed by atoms with van der Waals surface area (Å²) < 4.78 is 0. The lowest BCUT2D eigenvalue weighted by Crippen LogP contribution is -2.23. The van der Waals surface area contributed by atoms with Crippen molar-refractivity contribution in [2.24, 2.45) is 5.73 Å². The van der Waals surface area contributed by atoms with Crippen LogP contribution >= 0.6 is 0 Å². The lowest BCUT2D eigenvalue weighted by molar-refractivity contribution is -0.119. The van der Waals surface area contributed by atoms with Crippen molar-refractivity contribution < 1.29 is 4.79 Å². The molecule has 1 atom stereocenters. The van der Waals surface area contributed by atoms with Gasteiger partial charge in [-0.1, -0.05) is 75.4 Å². The van der Waals surface area contributed by atoms with Gasteiger partial charge in [-0.15, -0.1) is 0 Å². The van der Waals surface area contributed by atoms with E-state index in [1.807, 2.05) is 42.5 Å². The second kappa shape index (κ2) is 6.23. The molecule has 2 heteroatoms. The van der Waals surface area contributed by atoms with E-state index in [-0.39, 0.29) is 11.2 Å². The molecule has 2 rings (SSSR count). The maximum atomic E-state index is 12.3. The molecular formula is C19H23NO. The van der Waals surface area contributed by atoms with Gasteiger partial charge in [-0.25, -0.2) is 0 Å². The lowest BCUT2D eigenvalue weighted by atomic mass is 9.86. The largest absolute Gasteiger partial charge is 0.318 e. The van der Waals surface area contributed by atoms with Gasteiger partial charge in [-0.3, -0.25) is 4.79 Å². The van der Waals surface area contributed by atoms with Crippen molar-refractivity contribution in [2.75, 3.05) is 0 Å². The Balaban J connectivity index is 2.06. The first-order valence-electron chi connectivity index (χ1n) is 7.30. The first-order chi connectivity index (χ1) is 9.88. The number of Topliss-reactive ketones (excluding diaryl/α,β-unsaturated/α-hetero) is 1. The van der Waals surface area contributed by atoms with E-state index in [2.05, 4.69) is 32.9 Å². The highest BCUT2D eigenvalue weighted by atomic mass is 16.1. The second-order valence-corrected chi connectivity index (χ2v) is 6.48. The zero-order valence-corrected chi connectivity index (χ0v) is 13.0. The summed E-state index contributed by atoms with van der Waals surface area (Å²) in [4.78, 5) is 12.3. The van der Waals surface area contributed by atoms with Gasteiger partial charge < -0.3 is 5.73 Å². The number of nitrogens with two attached hydrogens (primary N) is 1. The smallest absolute Gasteiger partial charge is 0.158 e. The van der Waals surface area contributed by atoms with E-state index >= 15 is 0 Å². The van der Waals surface area contributed by atoms with E-state index in [4.69, 9.17) is 5.73 Å². The van der Waals surface area contributed by atoms with Gasteiger partial charge in [0.15, 0.2) is 5.78 Å². The van der Waals surface area contributed by atoms with Crippen LogP contribution in [0.15, 0.2) is 54.6 Å². The Labute approximate surface area is 127 Å². The predicted molar refractivity (Wildman–Crippen MR) is 87.2 cm³/mol. The fraction of sp³-hybridized carbons (Fsp3) is 0.316. The maximum absolute atomic E-state index is 12.3. The van der Waals surface area contributed by atoms with Crippen molar-refractivity contribution in [3.63, 3.8) is 0 Å². The summed E-state index contributed by atoms with van der Waals surface area (Å²) in [6.45, 7) is 6.54. The summed E-state index contributed by atoms with van der Waals surface area (Å²) in [5.41, 5.74) is 9.32. The number of ketones is 1. The molecular weight excluding hydrogens is 258 g/mol. The SMILES string of the molecule is CC(C)(C)c1ccc(CC(=O)C(N)c2ccccc2)cc1. The topological polar surface area (TPSA) is 43.1 Å². The molecule has 0 aliphatic rings. The molecule has 0 aliphatic carbocycles. The van der Waals surface area contributed by atoms with Crippen LogP contribution in [0.4, 0.5) is 0 Å². The van der Waals surface area contributed by atoms with E-state index in [0.717, 1.165) is 11.1 Å². The molecule has 2 N–H and O–H groups in total. The molecule has 1 unspecified atom stereocenters. The Bertz CT molecular complexity index is 594. The summed E-state index contributed by atoms with van der Waals surface area (Å²) in [6.07, 6.45) is 0.375. The summed E-state index contributed by atoms with van der Waals surface area (Å²) in [5, 5.41) is 0. The number of carbonyl (C=O) groups excluding carboxylic acids is 1. The zero-order chi connectivity index (χ0) is 15.5. The van der Waals surface area contributed by atoms with Gasteiger partial charge in [0.2, 0.25) is 0 Å². The molecule has 2 aromatic carbocycles. The molecule has 0 heterocycles. The summed E-state index contributed by atoms with van der Waals surface area (Å²) in [6, 6.07) is 17.2. The van der Waals surface area contributed by atoms with Crippen molar-refractivity contribution in [1.29, 1.82) is 0 Å². The number of carbonyl (C=O) groups is 1. The van der Waals surface area contributed by atoms with Crippen LogP contribution in [0.3, 0.4) is 0 Å². The third-order valence-electron chi connectivity index (χ3n) is 3.70. The van der Waals surface area contributed by atoms with Crippen molar-refractivity contribution in [3.8, 4) is 0 Å². The average Bonchev–Trinajstić information content (AvgIpc) is 2.47. The van der Waals surface area contributed by atoms with Gasteiger partial charge in [-0.05, 0) is 22.1 Å². The first-order valence-corrected chi connectivity index (χ1v) is 7.30. The minimum absolute atomic E-state index is 0.0460. The number of hydrogen-bond acceptors (Lipinski definition) is 2. The summed E-state index contributed by atoms with van der Waals surface area (Å²) in [7, 11) is 0. The van der Waals surface area contributed by atoms with Gasteiger partial charge in [0.05, 0.1) is 6.04 Å². The van der Waals surface area contributed by atoms with Crippen LogP contribution in [-0.2, 0) is 16.6 Å². The normalized spacial score (nSPS) is 13.0. The Morgan fingerprint density at radius 2 is 1.57 bits per heavy atom. The van der Waals surface area contributed by atoms with Crippen LogP contribution in [0.25, 0.3) is 0 Å². The van der Waals surface area contributed by atoms with Gasteiger partial charge in [0, 0.05) is 6.42 Å². The number of hydrogen-bond donors (Lipinski definition) is 1. The van der Waals surface area contributed by atoms with Crippen LogP contribution in [0.5, 0.6) is 0 Å². The Morgan fingerprint density at radius 1 is 1.00 bits per heavy atom. The third kappa shape index (κ3) is 4.02. The van der Waals surface area contributed by atoms with Crippen LogP contribution in [0.2, 0.25) is 0 Å². The quantitative estimate of drug-likeness (QED) is 0.926. The monoisotopic (exact) mass is 281 g/mol. The highest BCUT2D eigenvalue weighted by Crippen LogP contribution is 2.22. The molecule has 0 aromatic heterocycles. The van der Waals surface area contributed by atoms with Gasteiger partial charge in [-0.2, -0.15) is 0 Å². The average molecular weight is 281 g/mol. The molecule has 0 radical (unpaired) electrons. The van der Waals surface area contributed by atoms with Crippen molar-refractivity contribution >= 4 is 5.78 Å². The highest BCUT2D eigenvalue weighted by Gasteiger charge is 2.17.